The Labute approximate surface area is 277 Å². The zero-order valence-corrected chi connectivity index (χ0v) is 28.1. The molecule has 0 saturated heterocycles. The van der Waals surface area contributed by atoms with Crippen LogP contribution in [-0.2, 0) is 17.8 Å². The van der Waals surface area contributed by atoms with Gasteiger partial charge >= 0.3 is 12.1 Å². The number of alkyl carbamates (subject to hydrolysis) is 1. The number of ether oxygens (including phenoxy) is 2. The van der Waals surface area contributed by atoms with Crippen LogP contribution in [0.2, 0.25) is 0 Å². The lowest BCUT2D eigenvalue weighted by Crippen LogP contribution is -2.46. The van der Waals surface area contributed by atoms with E-state index in [0.717, 1.165) is 35.2 Å². The van der Waals surface area contributed by atoms with Gasteiger partial charge < -0.3 is 24.5 Å². The third-order valence-corrected chi connectivity index (χ3v) is 9.49. The first kappa shape index (κ1) is 32.6. The number of nitrogens with zero attached hydrogens (tertiary/aromatic N) is 2. The fraction of sp³-hybridized carbons (Fsp3) is 0.436. The number of rotatable bonds is 8. The molecule has 0 radical (unpaired) electrons. The van der Waals surface area contributed by atoms with Crippen LogP contribution in [0, 0.1) is 6.92 Å². The van der Waals surface area contributed by atoms with Gasteiger partial charge in [-0.05, 0) is 75.3 Å². The first-order valence-electron chi connectivity index (χ1n) is 17.0. The molecule has 1 fully saturated rings. The molecule has 2 aliphatic rings. The summed E-state index contributed by atoms with van der Waals surface area (Å²) in [7, 11) is 0. The van der Waals surface area contributed by atoms with E-state index in [2.05, 4.69) is 51.2 Å². The summed E-state index contributed by atoms with van der Waals surface area (Å²) in [5.41, 5.74) is 5.65. The number of hydrogen-bond acceptors (Lipinski definition) is 5. The summed E-state index contributed by atoms with van der Waals surface area (Å²) < 4.78 is 14.5. The van der Waals surface area contributed by atoms with Gasteiger partial charge in [-0.25, -0.2) is 9.59 Å². The molecule has 1 aliphatic carbocycles. The fourth-order valence-electron chi connectivity index (χ4n) is 7.41. The molecule has 0 bridgehead atoms. The topological polar surface area (TPSA) is 93.0 Å². The lowest BCUT2D eigenvalue weighted by Gasteiger charge is -2.35. The molecular formula is C39H47N3O5. The minimum Gasteiger partial charge on any atom is -0.491 e. The van der Waals surface area contributed by atoms with Crippen LogP contribution in [0.25, 0.3) is 22.2 Å². The normalized spacial score (nSPS) is 16.9. The third-order valence-electron chi connectivity index (χ3n) is 9.49. The number of benzene rings is 3. The molecule has 0 unspecified atom stereocenters. The highest BCUT2D eigenvalue weighted by molar-refractivity contribution is 6.03. The second-order valence-electron chi connectivity index (χ2n) is 14.0. The van der Waals surface area contributed by atoms with Crippen LogP contribution >= 0.6 is 0 Å². The number of carboxylic acid groups (broad SMARTS) is 1. The number of fused-ring (bicyclic) bond motifs is 5. The molecule has 8 heteroatoms. The Balaban J connectivity index is 1.46. The van der Waals surface area contributed by atoms with Gasteiger partial charge in [-0.3, -0.25) is 4.90 Å². The smallest absolute Gasteiger partial charge is 0.407 e. The van der Waals surface area contributed by atoms with Crippen molar-refractivity contribution in [2.45, 2.75) is 90.4 Å². The highest BCUT2D eigenvalue weighted by Crippen LogP contribution is 2.48. The van der Waals surface area contributed by atoms with Crippen LogP contribution in [0.5, 0.6) is 5.75 Å². The second kappa shape index (κ2) is 13.8. The zero-order chi connectivity index (χ0) is 33.1. The van der Waals surface area contributed by atoms with Gasteiger partial charge in [-0.15, -0.1) is 0 Å². The predicted molar refractivity (Wildman–Crippen MR) is 185 cm³/mol. The van der Waals surface area contributed by atoms with E-state index in [1.54, 1.807) is 0 Å². The van der Waals surface area contributed by atoms with Crippen molar-refractivity contribution in [3.05, 3.63) is 89.0 Å². The average molecular weight is 638 g/mol. The van der Waals surface area contributed by atoms with Crippen LogP contribution in [0.1, 0.15) is 85.8 Å². The lowest BCUT2D eigenvalue weighted by molar-refractivity contribution is 0.0508. The number of aromatic carboxylic acids is 1. The number of nitrogens with one attached hydrogen (secondary N) is 1. The molecule has 0 spiro atoms. The number of aromatic nitrogens is 1. The highest BCUT2D eigenvalue weighted by atomic mass is 16.6. The molecule has 1 amide bonds. The van der Waals surface area contributed by atoms with Crippen molar-refractivity contribution < 1.29 is 24.2 Å². The number of carbonyl (C=O) groups is 2. The Morgan fingerprint density at radius 2 is 1.72 bits per heavy atom. The largest absolute Gasteiger partial charge is 0.491 e. The SMILES string of the molecule is Cc1ccc2c(c1C(=O)O)-c1c(C3CCCCC3)c3ccccc3n1C[C@@H](N(CCNC(=O)OC(C)(C)C)Cc1ccccc1)CO2. The first-order valence-corrected chi connectivity index (χ1v) is 17.0. The molecule has 47 heavy (non-hydrogen) atoms. The molecule has 2 heterocycles. The van der Waals surface area contributed by atoms with Crippen molar-refractivity contribution in [2.24, 2.45) is 0 Å². The van der Waals surface area contributed by atoms with Gasteiger partial charge in [0.15, 0.2) is 0 Å². The van der Waals surface area contributed by atoms with Crippen molar-refractivity contribution in [1.29, 1.82) is 0 Å². The Morgan fingerprint density at radius 1 is 1.00 bits per heavy atom. The van der Waals surface area contributed by atoms with E-state index in [9.17, 15) is 14.7 Å². The van der Waals surface area contributed by atoms with Crippen LogP contribution in [-0.4, -0.2) is 58.0 Å². The van der Waals surface area contributed by atoms with Crippen molar-refractivity contribution >= 4 is 23.0 Å². The minimum atomic E-state index is -0.939. The van der Waals surface area contributed by atoms with Crippen LogP contribution in [0.15, 0.2) is 66.7 Å². The molecule has 1 atom stereocenters. The number of carboxylic acids is 1. The maximum absolute atomic E-state index is 12.9. The summed E-state index contributed by atoms with van der Waals surface area (Å²) in [6.07, 6.45) is 5.32. The molecule has 3 aromatic carbocycles. The van der Waals surface area contributed by atoms with Crippen LogP contribution < -0.4 is 10.1 Å². The van der Waals surface area contributed by atoms with Crippen molar-refractivity contribution in [3.8, 4) is 17.0 Å². The zero-order valence-electron chi connectivity index (χ0n) is 28.1. The van der Waals surface area contributed by atoms with Gasteiger partial charge in [0.25, 0.3) is 0 Å². The van der Waals surface area contributed by atoms with Crippen molar-refractivity contribution in [1.82, 2.24) is 14.8 Å². The Hall–Kier alpha value is -4.30. The summed E-state index contributed by atoms with van der Waals surface area (Å²) >= 11 is 0. The standard InChI is InChI=1S/C39H47N3O5/c1-26-19-20-32-35(33(26)37(43)44)36-34(28-15-9-6-10-16-28)30-17-11-12-18-31(30)42(36)24-29(25-46-32)41(23-27-13-7-5-8-14-27)22-21-40-38(45)47-39(2,3)4/h5,7-8,11-14,17-20,28-29H,6,9-10,15-16,21-25H2,1-4H3,(H,40,45)(H,43,44)/t29-/m1/s1. The van der Waals surface area contributed by atoms with Gasteiger partial charge in [-0.1, -0.05) is 73.9 Å². The Morgan fingerprint density at radius 3 is 2.45 bits per heavy atom. The van der Waals surface area contributed by atoms with Crippen molar-refractivity contribution in [3.63, 3.8) is 0 Å². The van der Waals surface area contributed by atoms with E-state index in [4.69, 9.17) is 9.47 Å². The second-order valence-corrected chi connectivity index (χ2v) is 14.0. The molecule has 1 aliphatic heterocycles. The van der Waals surface area contributed by atoms with Gasteiger partial charge in [0.2, 0.25) is 0 Å². The van der Waals surface area contributed by atoms with E-state index >= 15 is 0 Å². The maximum atomic E-state index is 12.9. The monoisotopic (exact) mass is 637 g/mol. The van der Waals surface area contributed by atoms with E-state index in [0.29, 0.717) is 55.6 Å². The molecule has 8 nitrogen and oxygen atoms in total. The minimum absolute atomic E-state index is 0.0767. The van der Waals surface area contributed by atoms with Gasteiger partial charge in [-0.2, -0.15) is 0 Å². The van der Waals surface area contributed by atoms with Gasteiger partial charge in [0.05, 0.1) is 22.9 Å². The van der Waals surface area contributed by atoms with Crippen molar-refractivity contribution in [2.75, 3.05) is 19.7 Å². The van der Waals surface area contributed by atoms with Crippen LogP contribution in [0.3, 0.4) is 0 Å². The van der Waals surface area contributed by atoms with Crippen LogP contribution in [0.4, 0.5) is 4.79 Å². The number of aryl methyl sites for hydroxylation is 1. The summed E-state index contributed by atoms with van der Waals surface area (Å²) in [6.45, 7) is 10.1. The molecular weight excluding hydrogens is 590 g/mol. The predicted octanol–water partition coefficient (Wildman–Crippen LogP) is 8.15. The third kappa shape index (κ3) is 7.18. The number of amides is 1. The van der Waals surface area contributed by atoms with E-state index < -0.39 is 17.7 Å². The summed E-state index contributed by atoms with van der Waals surface area (Å²) in [5.74, 6) is 0.00647. The highest BCUT2D eigenvalue weighted by Gasteiger charge is 2.34. The number of hydrogen-bond donors (Lipinski definition) is 2. The summed E-state index contributed by atoms with van der Waals surface area (Å²) in [5, 5.41) is 14.7. The first-order chi connectivity index (χ1) is 22.6. The Kier molecular flexibility index (Phi) is 9.60. The quantitative estimate of drug-likeness (QED) is 0.203. The van der Waals surface area contributed by atoms with E-state index in [1.807, 2.05) is 58.0 Å². The summed E-state index contributed by atoms with van der Waals surface area (Å²) in [6, 6.07) is 22.6. The van der Waals surface area contributed by atoms with Gasteiger partial charge in [0.1, 0.15) is 18.0 Å². The number of para-hydroxylation sites is 1. The van der Waals surface area contributed by atoms with E-state index in [1.165, 1.54) is 30.2 Å². The fourth-order valence-corrected chi connectivity index (χ4v) is 7.41. The average Bonchev–Trinajstić information content (AvgIpc) is 3.34. The molecule has 6 rings (SSSR count). The lowest BCUT2D eigenvalue weighted by atomic mass is 9.81. The number of carbonyl (C=O) groups excluding carboxylic acids is 1. The van der Waals surface area contributed by atoms with E-state index in [-0.39, 0.29) is 6.04 Å². The molecule has 248 valence electrons. The molecule has 2 N–H and O–H groups in total. The molecule has 4 aromatic rings. The van der Waals surface area contributed by atoms with Gasteiger partial charge in [0, 0.05) is 37.1 Å². The Bertz CT molecular complexity index is 1730. The molecule has 1 aromatic heterocycles. The molecule has 1 saturated carbocycles. The summed E-state index contributed by atoms with van der Waals surface area (Å²) in [4.78, 5) is 27.8. The maximum Gasteiger partial charge on any atom is 0.407 e.